The molecule has 1 amide bonds. The lowest BCUT2D eigenvalue weighted by Crippen LogP contribution is -2.34. The lowest BCUT2D eigenvalue weighted by atomic mass is 10.2. The number of rotatable bonds is 7. The second kappa shape index (κ2) is 8.79. The third-order valence-corrected chi connectivity index (χ3v) is 4.24. The van der Waals surface area contributed by atoms with E-state index in [1.54, 1.807) is 30.0 Å². The summed E-state index contributed by atoms with van der Waals surface area (Å²) >= 11 is 1.55. The van der Waals surface area contributed by atoms with Crippen LogP contribution >= 0.6 is 11.8 Å². The number of hydrogen-bond acceptors (Lipinski definition) is 6. The minimum absolute atomic E-state index is 0.0637. The van der Waals surface area contributed by atoms with Crippen LogP contribution in [-0.2, 0) is 14.3 Å². The summed E-state index contributed by atoms with van der Waals surface area (Å²) in [7, 11) is 1.49. The van der Waals surface area contributed by atoms with Gasteiger partial charge in [-0.2, -0.15) is 0 Å². The third kappa shape index (κ3) is 5.14. The van der Waals surface area contributed by atoms with Crippen molar-refractivity contribution < 1.29 is 23.8 Å². The molecule has 1 fully saturated rings. The smallest absolute Gasteiger partial charge is 0.342 e. The minimum Gasteiger partial charge on any atom is -0.496 e. The van der Waals surface area contributed by atoms with Gasteiger partial charge in [-0.15, -0.1) is 11.8 Å². The maximum absolute atomic E-state index is 12.1. The van der Waals surface area contributed by atoms with E-state index in [1.165, 1.54) is 7.11 Å². The van der Waals surface area contributed by atoms with Crippen LogP contribution in [0.3, 0.4) is 0 Å². The number of thioether (sulfide) groups is 1. The van der Waals surface area contributed by atoms with Crippen LogP contribution in [0.5, 0.6) is 5.75 Å². The summed E-state index contributed by atoms with van der Waals surface area (Å²) in [6, 6.07) is 5.21. The van der Waals surface area contributed by atoms with Gasteiger partial charge in [-0.3, -0.25) is 4.79 Å². The minimum atomic E-state index is -0.582. The summed E-state index contributed by atoms with van der Waals surface area (Å²) in [6.45, 7) is 0.864. The van der Waals surface area contributed by atoms with Crippen LogP contribution in [0.25, 0.3) is 0 Å². The molecule has 6 nitrogen and oxygen atoms in total. The Hall–Kier alpha value is -1.73. The average molecular weight is 339 g/mol. The molecule has 2 rings (SSSR count). The van der Waals surface area contributed by atoms with Crippen molar-refractivity contribution in [2.75, 3.05) is 33.1 Å². The summed E-state index contributed by atoms with van der Waals surface area (Å²) in [5.74, 6) is -0.489. The molecular formula is C16H21NO5S. The second-order valence-corrected chi connectivity index (χ2v) is 5.96. The zero-order valence-electron chi connectivity index (χ0n) is 13.3. The molecule has 0 spiro atoms. The molecule has 0 radical (unpaired) electrons. The topological polar surface area (TPSA) is 73.9 Å². The zero-order valence-corrected chi connectivity index (χ0v) is 14.1. The number of methoxy groups -OCH3 is 1. The molecule has 1 aliphatic heterocycles. The van der Waals surface area contributed by atoms with Gasteiger partial charge >= 0.3 is 5.97 Å². The lowest BCUT2D eigenvalue weighted by Gasteiger charge is -2.12. The SMILES string of the molecule is COc1cc(SC)ccc1C(=O)OCC(=O)NC[C@@H]1CCCO1. The monoisotopic (exact) mass is 339 g/mol. The first-order valence-electron chi connectivity index (χ1n) is 7.41. The Balaban J connectivity index is 1.82. The normalized spacial score (nSPS) is 16.9. The maximum Gasteiger partial charge on any atom is 0.342 e. The largest absolute Gasteiger partial charge is 0.496 e. The van der Waals surface area contributed by atoms with Gasteiger partial charge in [-0.1, -0.05) is 0 Å². The van der Waals surface area contributed by atoms with E-state index < -0.39 is 5.97 Å². The van der Waals surface area contributed by atoms with Gasteiger partial charge in [0.15, 0.2) is 6.61 Å². The molecule has 0 aliphatic carbocycles. The molecule has 23 heavy (non-hydrogen) atoms. The first kappa shape index (κ1) is 17.6. The molecule has 0 bridgehead atoms. The fourth-order valence-corrected chi connectivity index (χ4v) is 2.69. The number of nitrogens with one attached hydrogen (secondary N) is 1. The average Bonchev–Trinajstić information content (AvgIpc) is 3.10. The molecule has 0 aromatic heterocycles. The third-order valence-electron chi connectivity index (χ3n) is 3.51. The highest BCUT2D eigenvalue weighted by Crippen LogP contribution is 2.25. The van der Waals surface area contributed by atoms with Crippen molar-refractivity contribution in [2.45, 2.75) is 23.8 Å². The number of carbonyl (C=O) groups excluding carboxylic acids is 2. The van der Waals surface area contributed by atoms with Gasteiger partial charge in [-0.05, 0) is 37.3 Å². The van der Waals surface area contributed by atoms with E-state index in [0.29, 0.717) is 17.9 Å². The Labute approximate surface area is 139 Å². The lowest BCUT2D eigenvalue weighted by molar-refractivity contribution is -0.124. The summed E-state index contributed by atoms with van der Waals surface area (Å²) in [5.41, 5.74) is 0.303. The van der Waals surface area contributed by atoms with Crippen molar-refractivity contribution in [3.8, 4) is 5.75 Å². The Kier molecular flexibility index (Phi) is 6.73. The summed E-state index contributed by atoms with van der Waals surface area (Å²) in [6.07, 6.45) is 3.96. The van der Waals surface area contributed by atoms with E-state index in [1.807, 2.05) is 6.26 Å². The van der Waals surface area contributed by atoms with Gasteiger partial charge in [-0.25, -0.2) is 4.79 Å². The van der Waals surface area contributed by atoms with E-state index in [4.69, 9.17) is 14.2 Å². The number of hydrogen-bond donors (Lipinski definition) is 1. The van der Waals surface area contributed by atoms with Crippen LogP contribution in [0.4, 0.5) is 0 Å². The molecule has 1 saturated heterocycles. The van der Waals surface area contributed by atoms with Crippen molar-refractivity contribution >= 4 is 23.6 Å². The van der Waals surface area contributed by atoms with Crippen molar-refractivity contribution in [1.29, 1.82) is 0 Å². The van der Waals surface area contributed by atoms with E-state index in [9.17, 15) is 9.59 Å². The van der Waals surface area contributed by atoms with Crippen LogP contribution in [0.1, 0.15) is 23.2 Å². The molecule has 1 aromatic rings. The summed E-state index contributed by atoms with van der Waals surface area (Å²) in [4.78, 5) is 24.8. The molecule has 1 aliphatic rings. The van der Waals surface area contributed by atoms with Crippen LogP contribution in [0.2, 0.25) is 0 Å². The Morgan fingerprint density at radius 1 is 1.43 bits per heavy atom. The Morgan fingerprint density at radius 3 is 2.91 bits per heavy atom. The van der Waals surface area contributed by atoms with Crippen molar-refractivity contribution in [3.05, 3.63) is 23.8 Å². The van der Waals surface area contributed by atoms with Crippen LogP contribution < -0.4 is 10.1 Å². The van der Waals surface area contributed by atoms with Crippen molar-refractivity contribution in [2.24, 2.45) is 0 Å². The van der Waals surface area contributed by atoms with Crippen LogP contribution in [-0.4, -0.2) is 51.1 Å². The van der Waals surface area contributed by atoms with E-state index in [0.717, 1.165) is 24.3 Å². The molecule has 0 saturated carbocycles. The number of benzene rings is 1. The van der Waals surface area contributed by atoms with Gasteiger partial charge in [0.05, 0.1) is 13.2 Å². The number of amides is 1. The molecule has 0 unspecified atom stereocenters. The fourth-order valence-electron chi connectivity index (χ4n) is 2.26. The predicted octanol–water partition coefficient (Wildman–Crippen LogP) is 1.87. The van der Waals surface area contributed by atoms with Crippen LogP contribution in [0.15, 0.2) is 23.1 Å². The molecule has 7 heteroatoms. The molecule has 1 atom stereocenters. The van der Waals surface area contributed by atoms with Gasteiger partial charge in [0.2, 0.25) is 0 Å². The highest BCUT2D eigenvalue weighted by Gasteiger charge is 2.18. The number of carbonyl (C=O) groups is 2. The maximum atomic E-state index is 12.1. The summed E-state index contributed by atoms with van der Waals surface area (Å²) in [5, 5.41) is 2.70. The Bertz CT molecular complexity index is 557. The van der Waals surface area contributed by atoms with E-state index >= 15 is 0 Å². The van der Waals surface area contributed by atoms with E-state index in [2.05, 4.69) is 5.32 Å². The molecule has 1 aromatic carbocycles. The van der Waals surface area contributed by atoms with Gasteiger partial charge in [0.1, 0.15) is 11.3 Å². The fraction of sp³-hybridized carbons (Fsp3) is 0.500. The highest BCUT2D eigenvalue weighted by molar-refractivity contribution is 7.98. The molecule has 1 heterocycles. The summed E-state index contributed by atoms with van der Waals surface area (Å²) < 4.78 is 15.7. The standard InChI is InChI=1S/C16H21NO5S/c1-20-14-8-12(23-2)5-6-13(14)16(19)22-10-15(18)17-9-11-4-3-7-21-11/h5-6,8,11H,3-4,7,9-10H2,1-2H3,(H,17,18)/t11-/m0/s1. The van der Waals surface area contributed by atoms with Crippen molar-refractivity contribution in [3.63, 3.8) is 0 Å². The predicted molar refractivity (Wildman–Crippen MR) is 87.0 cm³/mol. The van der Waals surface area contributed by atoms with Gasteiger partial charge in [0.25, 0.3) is 5.91 Å². The van der Waals surface area contributed by atoms with Crippen LogP contribution in [0, 0.1) is 0 Å². The molecule has 1 N–H and O–H groups in total. The molecule has 126 valence electrons. The first-order chi connectivity index (χ1) is 11.1. The number of ether oxygens (including phenoxy) is 3. The second-order valence-electron chi connectivity index (χ2n) is 5.08. The molecular weight excluding hydrogens is 318 g/mol. The zero-order chi connectivity index (χ0) is 16.7. The van der Waals surface area contributed by atoms with E-state index in [-0.39, 0.29) is 18.6 Å². The van der Waals surface area contributed by atoms with Gasteiger partial charge < -0.3 is 19.5 Å². The Morgan fingerprint density at radius 2 is 2.26 bits per heavy atom. The number of esters is 1. The van der Waals surface area contributed by atoms with Crippen molar-refractivity contribution in [1.82, 2.24) is 5.32 Å². The first-order valence-corrected chi connectivity index (χ1v) is 8.64. The highest BCUT2D eigenvalue weighted by atomic mass is 32.2. The quantitative estimate of drug-likeness (QED) is 0.604. The van der Waals surface area contributed by atoms with Gasteiger partial charge in [0, 0.05) is 18.0 Å².